The Hall–Kier alpha value is -1.12. The number of ether oxygens (including phenoxy) is 2. The van der Waals surface area contributed by atoms with Crippen LogP contribution in [0.5, 0.6) is 0 Å². The molecule has 114 valence electrons. The summed E-state index contributed by atoms with van der Waals surface area (Å²) in [4.78, 5) is 12.6. The summed E-state index contributed by atoms with van der Waals surface area (Å²) in [6, 6.07) is 1.62. The first-order valence-electron chi connectivity index (χ1n) is 6.16. The summed E-state index contributed by atoms with van der Waals surface area (Å²) in [5.41, 5.74) is 0.254. The Balaban J connectivity index is 2.84. The van der Waals surface area contributed by atoms with Crippen molar-refractivity contribution >= 4 is 32.3 Å². The Kier molecular flexibility index (Phi) is 6.44. The predicted molar refractivity (Wildman–Crippen MR) is 78.9 cm³/mol. The van der Waals surface area contributed by atoms with Crippen molar-refractivity contribution in [1.29, 1.82) is 0 Å². The number of anilines is 1. The zero-order valence-electron chi connectivity index (χ0n) is 11.8. The minimum Gasteiger partial charge on any atom is -0.462 e. The van der Waals surface area contributed by atoms with Crippen molar-refractivity contribution in [3.8, 4) is 0 Å². The van der Waals surface area contributed by atoms with Crippen molar-refractivity contribution in [1.82, 2.24) is 0 Å². The van der Waals surface area contributed by atoms with Gasteiger partial charge in [-0.1, -0.05) is 0 Å². The molecule has 1 aromatic heterocycles. The van der Waals surface area contributed by atoms with Gasteiger partial charge in [-0.15, -0.1) is 11.3 Å². The first-order chi connectivity index (χ1) is 9.39. The van der Waals surface area contributed by atoms with Crippen molar-refractivity contribution in [3.63, 3.8) is 0 Å². The minimum atomic E-state index is -3.49. The number of carbonyl (C=O) groups excluding carboxylic acids is 1. The Morgan fingerprint density at radius 2 is 2.15 bits per heavy atom. The molecule has 0 atom stereocenters. The summed E-state index contributed by atoms with van der Waals surface area (Å²) in [7, 11) is -1.98. The van der Waals surface area contributed by atoms with Crippen LogP contribution in [-0.4, -0.2) is 40.5 Å². The van der Waals surface area contributed by atoms with Crippen molar-refractivity contribution in [3.05, 3.63) is 16.5 Å². The van der Waals surface area contributed by atoms with Gasteiger partial charge in [-0.25, -0.2) is 13.2 Å². The van der Waals surface area contributed by atoms with E-state index in [1.807, 2.05) is 0 Å². The number of methoxy groups -OCH3 is 1. The molecule has 6 nitrogen and oxygen atoms in total. The molecule has 1 heterocycles. The molecular weight excluding hydrogens is 302 g/mol. The molecule has 8 heteroatoms. The van der Waals surface area contributed by atoms with E-state index < -0.39 is 16.0 Å². The van der Waals surface area contributed by atoms with Crippen molar-refractivity contribution in [2.24, 2.45) is 0 Å². The third kappa shape index (κ3) is 5.10. The minimum absolute atomic E-state index is 0.0555. The van der Waals surface area contributed by atoms with Gasteiger partial charge in [0, 0.05) is 18.6 Å². The molecule has 0 aliphatic carbocycles. The standard InChI is InChI=1S/C12H19NO5S2/c1-4-18-12(14)10-8-9(2)19-11(10)13-20(15,16)7-5-6-17-3/h8,13H,4-7H2,1-3H3. The first-order valence-corrected chi connectivity index (χ1v) is 8.63. The Morgan fingerprint density at radius 3 is 2.75 bits per heavy atom. The van der Waals surface area contributed by atoms with Crippen LogP contribution in [-0.2, 0) is 19.5 Å². The fourth-order valence-corrected chi connectivity index (χ4v) is 3.83. The molecule has 0 aliphatic heterocycles. The summed E-state index contributed by atoms with van der Waals surface area (Å²) >= 11 is 1.21. The fraction of sp³-hybridized carbons (Fsp3) is 0.583. The largest absolute Gasteiger partial charge is 0.462 e. The molecule has 0 aromatic carbocycles. The molecule has 0 spiro atoms. The van der Waals surface area contributed by atoms with E-state index in [9.17, 15) is 13.2 Å². The van der Waals surface area contributed by atoms with E-state index in [1.165, 1.54) is 18.4 Å². The average molecular weight is 321 g/mol. The molecule has 0 amide bonds. The van der Waals surface area contributed by atoms with Crippen LogP contribution in [0.25, 0.3) is 0 Å². The van der Waals surface area contributed by atoms with Gasteiger partial charge in [0.15, 0.2) is 0 Å². The molecule has 0 radical (unpaired) electrons. The van der Waals surface area contributed by atoms with Crippen molar-refractivity contribution in [2.45, 2.75) is 20.3 Å². The second kappa shape index (κ2) is 7.61. The zero-order valence-corrected chi connectivity index (χ0v) is 13.4. The SMILES string of the molecule is CCOC(=O)c1cc(C)sc1NS(=O)(=O)CCCOC. The zero-order chi connectivity index (χ0) is 15.2. The Morgan fingerprint density at radius 1 is 1.45 bits per heavy atom. The van der Waals surface area contributed by atoms with Gasteiger partial charge >= 0.3 is 5.97 Å². The van der Waals surface area contributed by atoms with E-state index in [-0.39, 0.29) is 17.9 Å². The molecule has 20 heavy (non-hydrogen) atoms. The number of hydrogen-bond acceptors (Lipinski definition) is 6. The first kappa shape index (κ1) is 16.9. The topological polar surface area (TPSA) is 81.7 Å². The van der Waals surface area contributed by atoms with Crippen molar-refractivity contribution in [2.75, 3.05) is 30.8 Å². The molecule has 0 unspecified atom stereocenters. The molecule has 1 N–H and O–H groups in total. The van der Waals surface area contributed by atoms with Gasteiger partial charge in [-0.3, -0.25) is 4.72 Å². The maximum Gasteiger partial charge on any atom is 0.341 e. The molecule has 0 saturated carbocycles. The van der Waals surface area contributed by atoms with E-state index in [2.05, 4.69) is 4.72 Å². The van der Waals surface area contributed by atoms with Gasteiger partial charge in [-0.2, -0.15) is 0 Å². The number of hydrogen-bond donors (Lipinski definition) is 1. The van der Waals surface area contributed by atoms with Gasteiger partial charge in [0.25, 0.3) is 0 Å². The molecule has 1 rings (SSSR count). The van der Waals surface area contributed by atoms with Crippen LogP contribution in [0.1, 0.15) is 28.6 Å². The number of esters is 1. The smallest absolute Gasteiger partial charge is 0.341 e. The lowest BCUT2D eigenvalue weighted by atomic mass is 10.3. The molecular formula is C12H19NO5S2. The highest BCUT2D eigenvalue weighted by molar-refractivity contribution is 7.92. The third-order valence-corrected chi connectivity index (χ3v) is 4.80. The van der Waals surface area contributed by atoms with Crippen LogP contribution in [0.4, 0.5) is 5.00 Å². The molecule has 0 saturated heterocycles. The van der Waals surface area contributed by atoms with Gasteiger partial charge in [0.05, 0.1) is 17.9 Å². The molecule has 0 bridgehead atoms. The van der Waals surface area contributed by atoms with Gasteiger partial charge in [0.1, 0.15) is 5.00 Å². The van der Waals surface area contributed by atoms with Crippen LogP contribution >= 0.6 is 11.3 Å². The Bertz CT molecular complexity index is 550. The van der Waals surface area contributed by atoms with E-state index >= 15 is 0 Å². The van der Waals surface area contributed by atoms with Crippen LogP contribution in [0.3, 0.4) is 0 Å². The van der Waals surface area contributed by atoms with Crippen molar-refractivity contribution < 1.29 is 22.7 Å². The highest BCUT2D eigenvalue weighted by Gasteiger charge is 2.20. The molecule has 0 aliphatic rings. The van der Waals surface area contributed by atoms with E-state index in [0.717, 1.165) is 4.88 Å². The number of thiophene rings is 1. The second-order valence-corrected chi connectivity index (χ2v) is 7.19. The van der Waals surface area contributed by atoms with E-state index in [0.29, 0.717) is 18.0 Å². The van der Waals surface area contributed by atoms with Gasteiger partial charge < -0.3 is 9.47 Å². The molecule has 0 fully saturated rings. The van der Waals surface area contributed by atoms with Crippen LogP contribution in [0.15, 0.2) is 6.07 Å². The molecule has 1 aromatic rings. The van der Waals surface area contributed by atoms with Gasteiger partial charge in [0.2, 0.25) is 10.0 Å². The monoisotopic (exact) mass is 321 g/mol. The Labute approximate surface area is 123 Å². The normalized spacial score (nSPS) is 11.3. The highest BCUT2D eigenvalue weighted by atomic mass is 32.2. The summed E-state index contributed by atoms with van der Waals surface area (Å²) in [6.07, 6.45) is 0.394. The number of sulfonamides is 1. The number of carbonyl (C=O) groups is 1. The predicted octanol–water partition coefficient (Wildman–Crippen LogP) is 2.01. The lowest BCUT2D eigenvalue weighted by Gasteiger charge is -2.08. The second-order valence-electron chi connectivity index (χ2n) is 4.09. The maximum absolute atomic E-state index is 11.9. The summed E-state index contributed by atoms with van der Waals surface area (Å²) in [5.74, 6) is -0.577. The highest BCUT2D eigenvalue weighted by Crippen LogP contribution is 2.29. The average Bonchev–Trinajstić information content (AvgIpc) is 2.70. The lowest BCUT2D eigenvalue weighted by molar-refractivity contribution is 0.0528. The fourth-order valence-electron chi connectivity index (χ4n) is 1.54. The summed E-state index contributed by atoms with van der Waals surface area (Å²) < 4.78 is 36.0. The van der Waals surface area contributed by atoms with Crippen LogP contribution in [0, 0.1) is 6.92 Å². The van der Waals surface area contributed by atoms with E-state index in [1.54, 1.807) is 19.9 Å². The summed E-state index contributed by atoms with van der Waals surface area (Å²) in [6.45, 7) is 4.12. The van der Waals surface area contributed by atoms with Crippen LogP contribution < -0.4 is 4.72 Å². The lowest BCUT2D eigenvalue weighted by Crippen LogP contribution is -2.18. The quantitative estimate of drug-likeness (QED) is 0.585. The van der Waals surface area contributed by atoms with Gasteiger partial charge in [-0.05, 0) is 26.3 Å². The van der Waals surface area contributed by atoms with Crippen LogP contribution in [0.2, 0.25) is 0 Å². The summed E-state index contributed by atoms with van der Waals surface area (Å²) in [5, 5.41) is 0.304. The number of nitrogens with one attached hydrogen (secondary N) is 1. The number of rotatable bonds is 8. The third-order valence-electron chi connectivity index (χ3n) is 2.36. The number of aryl methyl sites for hydroxylation is 1. The maximum atomic E-state index is 11.9. The van der Waals surface area contributed by atoms with E-state index in [4.69, 9.17) is 9.47 Å².